The van der Waals surface area contributed by atoms with Crippen LogP contribution < -0.4 is 0 Å². The number of hydrogen-bond acceptors (Lipinski definition) is 4. The molecule has 0 spiro atoms. The van der Waals surface area contributed by atoms with Gasteiger partial charge in [0.25, 0.3) is 0 Å². The minimum Gasteiger partial charge on any atom is -0.461 e. The Hall–Kier alpha value is -1.40. The summed E-state index contributed by atoms with van der Waals surface area (Å²) in [4.78, 5) is 11.9. The lowest BCUT2D eigenvalue weighted by molar-refractivity contribution is -0.145. The van der Waals surface area contributed by atoms with Gasteiger partial charge in [0.05, 0.1) is 12.2 Å². The van der Waals surface area contributed by atoms with Crippen LogP contribution in [0.15, 0.2) is 91.1 Å². The molecular weight excluding hydrogens is 505 g/mol. The van der Waals surface area contributed by atoms with E-state index in [4.69, 9.17) is 13.8 Å². The summed E-state index contributed by atoms with van der Waals surface area (Å²) in [5.41, 5.74) is 1.02. The molecule has 0 aromatic heterocycles. The largest absolute Gasteiger partial charge is 0.461 e. The number of rotatable bonds is 20. The van der Waals surface area contributed by atoms with Gasteiger partial charge in [-0.2, -0.15) is 0 Å². The van der Waals surface area contributed by atoms with Crippen molar-refractivity contribution in [1.82, 2.24) is 0 Å². The Morgan fingerprint density at radius 3 is 2.33 bits per heavy atom. The molecule has 4 nitrogen and oxygen atoms in total. The summed E-state index contributed by atoms with van der Waals surface area (Å²) >= 11 is 0. The van der Waals surface area contributed by atoms with Crippen LogP contribution in [0.4, 0.5) is 0 Å². The van der Waals surface area contributed by atoms with E-state index in [0.29, 0.717) is 21.5 Å². The monoisotopic (exact) mass is 548 g/mol. The predicted octanol–water partition coefficient (Wildman–Crippen LogP) is 8.60. The fourth-order valence-electron chi connectivity index (χ4n) is 3.23. The van der Waals surface area contributed by atoms with Crippen molar-refractivity contribution in [3.05, 3.63) is 96.7 Å². The highest BCUT2D eigenvalue weighted by molar-refractivity contribution is 8.00. The van der Waals surface area contributed by atoms with Crippen molar-refractivity contribution in [2.45, 2.75) is 77.1 Å². The van der Waals surface area contributed by atoms with Crippen LogP contribution in [0.5, 0.6) is 0 Å². The van der Waals surface area contributed by atoms with Crippen LogP contribution in [-0.2, 0) is 25.2 Å². The maximum Gasteiger partial charge on any atom is 0.306 e. The number of carbonyl (C=O) groups is 1. The summed E-state index contributed by atoms with van der Waals surface area (Å²) < 4.78 is 16.5. The summed E-state index contributed by atoms with van der Waals surface area (Å²) in [6.45, 7) is 2.48. The summed E-state index contributed by atoms with van der Waals surface area (Å²) in [6.07, 6.45) is 28.2. The first kappa shape index (κ1) is 32.6. The van der Waals surface area contributed by atoms with Crippen LogP contribution in [-0.4, -0.2) is 18.2 Å². The molecule has 0 N–H and O–H groups in total. The number of unbranched alkanes of at least 4 members (excludes halogenated alkanes) is 2. The van der Waals surface area contributed by atoms with Gasteiger partial charge < -0.3 is 13.8 Å². The Bertz CT molecular complexity index is 819. The Balaban J connectivity index is 2.16. The van der Waals surface area contributed by atoms with Gasteiger partial charge in [0.15, 0.2) is 0 Å². The highest BCUT2D eigenvalue weighted by Gasteiger charge is 2.05. The average Bonchev–Trinajstić information content (AvgIpc) is 2.90. The van der Waals surface area contributed by atoms with Gasteiger partial charge in [-0.15, -0.1) is 0 Å². The van der Waals surface area contributed by atoms with Crippen molar-refractivity contribution >= 4 is 32.9 Å². The number of benzene rings is 1. The standard InChI is InChI=1S/C29H43O4P3/c1-2-3-11-22-28(33-36-35)23-15-8-6-4-5-7-14-20-27(32-34)21-16-10-17-24-29(30)31-25-26-18-12-9-13-19-26/h3,5-9,11-15,18-20,23,27-28,36H,2,4,10,16-17,21-22,24-25,34-35H2,1H3/b7-5-,8-6-,11-3-,20-14+,23-15+. The van der Waals surface area contributed by atoms with E-state index in [0.717, 1.165) is 50.5 Å². The number of esters is 1. The molecule has 0 radical (unpaired) electrons. The van der Waals surface area contributed by atoms with Gasteiger partial charge in [0.2, 0.25) is 0 Å². The smallest absolute Gasteiger partial charge is 0.306 e. The average molecular weight is 549 g/mol. The molecule has 7 heteroatoms. The molecule has 0 bridgehead atoms. The number of carbonyl (C=O) groups excluding carboxylic acids is 1. The summed E-state index contributed by atoms with van der Waals surface area (Å²) in [6, 6.07) is 9.76. The first-order chi connectivity index (χ1) is 17.7. The highest BCUT2D eigenvalue weighted by Crippen LogP contribution is 2.25. The molecule has 198 valence electrons. The van der Waals surface area contributed by atoms with Crippen LogP contribution in [0, 0.1) is 0 Å². The van der Waals surface area contributed by atoms with E-state index in [9.17, 15) is 4.79 Å². The summed E-state index contributed by atoms with van der Waals surface area (Å²) in [5, 5.41) is 0. The van der Waals surface area contributed by atoms with Crippen LogP contribution in [0.1, 0.15) is 63.9 Å². The van der Waals surface area contributed by atoms with Gasteiger partial charge in [-0.3, -0.25) is 4.79 Å². The molecule has 0 saturated carbocycles. The molecule has 5 atom stereocenters. The van der Waals surface area contributed by atoms with Crippen molar-refractivity contribution < 1.29 is 18.6 Å². The lowest BCUT2D eigenvalue weighted by atomic mass is 10.1. The second kappa shape index (κ2) is 24.0. The zero-order chi connectivity index (χ0) is 26.1. The lowest BCUT2D eigenvalue weighted by Crippen LogP contribution is -2.05. The first-order valence-corrected chi connectivity index (χ1v) is 15.9. The number of allylic oxidation sites excluding steroid dienone is 7. The number of hydrogen-bond donors (Lipinski definition) is 0. The molecule has 36 heavy (non-hydrogen) atoms. The van der Waals surface area contributed by atoms with Gasteiger partial charge in [-0.1, -0.05) is 120 Å². The summed E-state index contributed by atoms with van der Waals surface area (Å²) in [7, 11) is 5.40. The molecule has 5 unspecified atom stereocenters. The molecule has 0 aliphatic carbocycles. The summed E-state index contributed by atoms with van der Waals surface area (Å²) in [5.74, 6) is -0.134. The second-order valence-electron chi connectivity index (χ2n) is 8.17. The van der Waals surface area contributed by atoms with E-state index >= 15 is 0 Å². The third-order valence-electron chi connectivity index (χ3n) is 5.20. The van der Waals surface area contributed by atoms with Crippen LogP contribution in [0.3, 0.4) is 0 Å². The molecule has 0 aliphatic rings. The Morgan fingerprint density at radius 2 is 1.67 bits per heavy atom. The van der Waals surface area contributed by atoms with E-state index in [1.54, 1.807) is 0 Å². The van der Waals surface area contributed by atoms with Crippen LogP contribution >= 0.6 is 26.9 Å². The topological polar surface area (TPSA) is 44.8 Å². The SMILES string of the molecule is CC/C=C\CC(/C=C/C=C\C/C=C\C=C\C(CCCCCC(=O)OCc1ccccc1)OP)OPP. The zero-order valence-electron chi connectivity index (χ0n) is 21.5. The van der Waals surface area contributed by atoms with Gasteiger partial charge in [-0.25, -0.2) is 0 Å². The van der Waals surface area contributed by atoms with E-state index in [2.05, 4.69) is 73.9 Å². The zero-order valence-corrected chi connectivity index (χ0v) is 24.8. The third-order valence-corrected chi connectivity index (χ3v) is 6.39. The Kier molecular flexibility index (Phi) is 21.7. The first-order valence-electron chi connectivity index (χ1n) is 12.7. The van der Waals surface area contributed by atoms with Gasteiger partial charge in [0, 0.05) is 24.4 Å². The van der Waals surface area contributed by atoms with Crippen molar-refractivity contribution in [2.75, 3.05) is 0 Å². The van der Waals surface area contributed by atoms with E-state index in [-0.39, 0.29) is 18.2 Å². The molecular formula is C29H43O4P3. The molecule has 0 aliphatic heterocycles. The maximum atomic E-state index is 11.9. The maximum absolute atomic E-state index is 11.9. The molecule has 1 aromatic carbocycles. The minimum atomic E-state index is -0.134. The molecule has 1 aromatic rings. The molecule has 1 rings (SSSR count). The van der Waals surface area contributed by atoms with Crippen molar-refractivity contribution in [1.29, 1.82) is 0 Å². The van der Waals surface area contributed by atoms with E-state index < -0.39 is 0 Å². The molecule has 0 fully saturated rings. The normalized spacial score (nSPS) is 14.4. The minimum absolute atomic E-state index is 0.0549. The number of ether oxygens (including phenoxy) is 1. The molecule has 0 heterocycles. The van der Waals surface area contributed by atoms with E-state index in [1.807, 2.05) is 42.5 Å². The molecule has 0 amide bonds. The van der Waals surface area contributed by atoms with Crippen LogP contribution in [0.25, 0.3) is 0 Å². The van der Waals surface area contributed by atoms with Gasteiger partial charge in [-0.05, 0) is 37.7 Å². The van der Waals surface area contributed by atoms with Crippen molar-refractivity contribution in [2.24, 2.45) is 0 Å². The van der Waals surface area contributed by atoms with Crippen molar-refractivity contribution in [3.63, 3.8) is 0 Å². The third kappa shape index (κ3) is 18.8. The van der Waals surface area contributed by atoms with E-state index in [1.165, 1.54) is 0 Å². The Morgan fingerprint density at radius 1 is 0.944 bits per heavy atom. The Labute approximate surface area is 225 Å². The van der Waals surface area contributed by atoms with Crippen molar-refractivity contribution in [3.8, 4) is 0 Å². The molecule has 0 saturated heterocycles. The van der Waals surface area contributed by atoms with Gasteiger partial charge in [0.1, 0.15) is 6.61 Å². The quantitative estimate of drug-likeness (QED) is 0.0538. The fraction of sp³-hybridized carbons (Fsp3) is 0.414. The fourth-order valence-corrected chi connectivity index (χ4v) is 4.33. The van der Waals surface area contributed by atoms with Gasteiger partial charge >= 0.3 is 5.97 Å². The highest BCUT2D eigenvalue weighted by atomic mass is 32.0. The van der Waals surface area contributed by atoms with Crippen LogP contribution in [0.2, 0.25) is 0 Å². The lowest BCUT2D eigenvalue weighted by Gasteiger charge is -2.10. The predicted molar refractivity (Wildman–Crippen MR) is 162 cm³/mol. The second-order valence-corrected chi connectivity index (χ2v) is 9.62.